The van der Waals surface area contributed by atoms with Gasteiger partial charge in [0, 0.05) is 0 Å². The van der Waals surface area contributed by atoms with Crippen molar-refractivity contribution in [3.8, 4) is 0 Å². The molecule has 5 heteroatoms. The van der Waals surface area contributed by atoms with Crippen LogP contribution in [0.4, 0.5) is 0 Å². The maximum absolute atomic E-state index is 12.0. The summed E-state index contributed by atoms with van der Waals surface area (Å²) in [6.45, 7) is 2.06. The summed E-state index contributed by atoms with van der Waals surface area (Å²) in [6, 6.07) is 7.51. The van der Waals surface area contributed by atoms with E-state index in [9.17, 15) is 8.42 Å². The fourth-order valence-electron chi connectivity index (χ4n) is 1.61. The molecule has 92 valence electrons. The molecule has 17 heavy (non-hydrogen) atoms. The first-order chi connectivity index (χ1) is 8.13. The first-order valence-corrected chi connectivity index (χ1v) is 8.18. The third-order valence-electron chi connectivity index (χ3n) is 2.56. The number of aromatic nitrogens is 1. The van der Waals surface area contributed by atoms with E-state index in [4.69, 9.17) is 0 Å². The normalized spacial score (nSPS) is 12.1. The molecule has 0 bridgehead atoms. The molecule has 0 atom stereocenters. The number of fused-ring (bicyclic) bond motifs is 1. The SMILES string of the molecule is CCCCCS(=O)(=O)c1nc2ccccc2s1. The summed E-state index contributed by atoms with van der Waals surface area (Å²) >= 11 is 1.26. The van der Waals surface area contributed by atoms with Crippen LogP contribution in [0.3, 0.4) is 0 Å². The van der Waals surface area contributed by atoms with Gasteiger partial charge in [-0.05, 0) is 18.6 Å². The Balaban J connectivity index is 2.26. The van der Waals surface area contributed by atoms with Crippen molar-refractivity contribution in [2.45, 2.75) is 30.5 Å². The van der Waals surface area contributed by atoms with Crippen molar-refractivity contribution in [2.75, 3.05) is 5.75 Å². The van der Waals surface area contributed by atoms with Crippen LogP contribution >= 0.6 is 11.3 Å². The number of thiazole rings is 1. The summed E-state index contributed by atoms with van der Waals surface area (Å²) in [4.78, 5) is 4.19. The second-order valence-corrected chi connectivity index (χ2v) is 7.29. The number of unbranched alkanes of at least 4 members (excludes halogenated alkanes) is 2. The first kappa shape index (κ1) is 12.5. The van der Waals surface area contributed by atoms with E-state index in [2.05, 4.69) is 11.9 Å². The van der Waals surface area contributed by atoms with Crippen LogP contribution in [0.2, 0.25) is 0 Å². The van der Waals surface area contributed by atoms with E-state index >= 15 is 0 Å². The van der Waals surface area contributed by atoms with E-state index in [-0.39, 0.29) is 10.1 Å². The fourth-order valence-corrected chi connectivity index (χ4v) is 4.33. The highest BCUT2D eigenvalue weighted by atomic mass is 32.2. The van der Waals surface area contributed by atoms with E-state index in [0.29, 0.717) is 0 Å². The molecule has 1 heterocycles. The number of sulfone groups is 1. The average molecular weight is 269 g/mol. The molecular formula is C12H15NO2S2. The van der Waals surface area contributed by atoms with Crippen LogP contribution in [-0.4, -0.2) is 19.2 Å². The maximum atomic E-state index is 12.0. The lowest BCUT2D eigenvalue weighted by Crippen LogP contribution is -2.06. The molecule has 0 aliphatic heterocycles. The van der Waals surface area contributed by atoms with Gasteiger partial charge in [0.05, 0.1) is 16.0 Å². The standard InChI is InChI=1S/C12H15NO2S2/c1-2-3-6-9-17(14,15)12-13-10-7-4-5-8-11(10)16-12/h4-5,7-8H,2-3,6,9H2,1H3. The molecule has 1 aromatic heterocycles. The average Bonchev–Trinajstić information content (AvgIpc) is 2.73. The van der Waals surface area contributed by atoms with Gasteiger partial charge in [0.15, 0.2) is 0 Å². The van der Waals surface area contributed by atoms with Crippen molar-refractivity contribution in [2.24, 2.45) is 0 Å². The Morgan fingerprint density at radius 2 is 2.00 bits per heavy atom. The van der Waals surface area contributed by atoms with E-state index in [1.54, 1.807) is 0 Å². The number of hydrogen-bond acceptors (Lipinski definition) is 4. The minimum absolute atomic E-state index is 0.209. The van der Waals surface area contributed by atoms with E-state index in [0.717, 1.165) is 29.5 Å². The van der Waals surface area contributed by atoms with Crippen LogP contribution in [0.1, 0.15) is 26.2 Å². The summed E-state index contributed by atoms with van der Waals surface area (Å²) in [6.07, 6.45) is 2.69. The van der Waals surface area contributed by atoms with E-state index < -0.39 is 9.84 Å². The fraction of sp³-hybridized carbons (Fsp3) is 0.417. The van der Waals surface area contributed by atoms with Crippen molar-refractivity contribution < 1.29 is 8.42 Å². The maximum Gasteiger partial charge on any atom is 0.210 e. The lowest BCUT2D eigenvalue weighted by atomic mass is 10.3. The first-order valence-electron chi connectivity index (χ1n) is 5.72. The third kappa shape index (κ3) is 2.84. The summed E-state index contributed by atoms with van der Waals surface area (Å²) in [7, 11) is -3.19. The van der Waals surface area contributed by atoms with Crippen LogP contribution in [0.25, 0.3) is 10.2 Å². The second-order valence-electron chi connectivity index (χ2n) is 3.97. The predicted octanol–water partition coefficient (Wildman–Crippen LogP) is 3.26. The highest BCUT2D eigenvalue weighted by Crippen LogP contribution is 2.26. The van der Waals surface area contributed by atoms with Gasteiger partial charge >= 0.3 is 0 Å². The Bertz CT molecular complexity index is 569. The monoisotopic (exact) mass is 269 g/mol. The zero-order chi connectivity index (χ0) is 12.3. The zero-order valence-electron chi connectivity index (χ0n) is 9.72. The van der Waals surface area contributed by atoms with Crippen LogP contribution in [0.5, 0.6) is 0 Å². The van der Waals surface area contributed by atoms with Gasteiger partial charge in [0.2, 0.25) is 14.2 Å². The van der Waals surface area contributed by atoms with Crippen molar-refractivity contribution in [1.29, 1.82) is 0 Å². The molecule has 2 rings (SSSR count). The molecule has 0 saturated heterocycles. The van der Waals surface area contributed by atoms with Crippen LogP contribution < -0.4 is 0 Å². The predicted molar refractivity (Wildman–Crippen MR) is 71.2 cm³/mol. The minimum Gasteiger partial charge on any atom is -0.225 e. The lowest BCUT2D eigenvalue weighted by Gasteiger charge is -1.98. The molecule has 2 aromatic rings. The smallest absolute Gasteiger partial charge is 0.210 e. The Morgan fingerprint density at radius 1 is 1.24 bits per heavy atom. The van der Waals surface area contributed by atoms with Crippen LogP contribution in [0.15, 0.2) is 28.6 Å². The Hall–Kier alpha value is -0.940. The molecule has 0 unspecified atom stereocenters. The molecule has 0 amide bonds. The van der Waals surface area contributed by atoms with Crippen molar-refractivity contribution in [1.82, 2.24) is 4.98 Å². The molecule has 0 spiro atoms. The lowest BCUT2D eigenvalue weighted by molar-refractivity contribution is 0.590. The highest BCUT2D eigenvalue weighted by Gasteiger charge is 2.18. The summed E-state index contributed by atoms with van der Waals surface area (Å²) in [5, 5.41) is 0. The van der Waals surface area contributed by atoms with Gasteiger partial charge in [0.1, 0.15) is 0 Å². The van der Waals surface area contributed by atoms with E-state index in [1.165, 1.54) is 11.3 Å². The zero-order valence-corrected chi connectivity index (χ0v) is 11.4. The Labute approximate surface area is 105 Å². The highest BCUT2D eigenvalue weighted by molar-refractivity contribution is 7.93. The molecular weight excluding hydrogens is 254 g/mol. The molecule has 1 aromatic carbocycles. The van der Waals surface area contributed by atoms with Crippen molar-refractivity contribution in [3.05, 3.63) is 24.3 Å². The number of rotatable bonds is 5. The van der Waals surface area contributed by atoms with E-state index in [1.807, 2.05) is 24.3 Å². The molecule has 0 fully saturated rings. The Morgan fingerprint density at radius 3 is 2.71 bits per heavy atom. The molecule has 0 aliphatic carbocycles. The molecule has 3 nitrogen and oxygen atoms in total. The van der Waals surface area contributed by atoms with Gasteiger partial charge in [-0.15, -0.1) is 11.3 Å². The number of para-hydroxylation sites is 1. The number of hydrogen-bond donors (Lipinski definition) is 0. The summed E-state index contributed by atoms with van der Waals surface area (Å²) < 4.78 is 25.2. The quantitative estimate of drug-likeness (QED) is 0.783. The summed E-state index contributed by atoms with van der Waals surface area (Å²) in [5.41, 5.74) is 0.770. The number of benzene rings is 1. The Kier molecular flexibility index (Phi) is 3.79. The minimum atomic E-state index is -3.19. The number of nitrogens with zero attached hydrogens (tertiary/aromatic N) is 1. The third-order valence-corrected chi connectivity index (χ3v) is 5.85. The largest absolute Gasteiger partial charge is 0.225 e. The van der Waals surface area contributed by atoms with Gasteiger partial charge in [-0.3, -0.25) is 0 Å². The van der Waals surface area contributed by atoms with Crippen molar-refractivity contribution >= 4 is 31.4 Å². The topological polar surface area (TPSA) is 47.0 Å². The van der Waals surface area contributed by atoms with Gasteiger partial charge in [-0.1, -0.05) is 31.9 Å². The van der Waals surface area contributed by atoms with Gasteiger partial charge in [-0.25, -0.2) is 13.4 Å². The van der Waals surface area contributed by atoms with Crippen LogP contribution in [-0.2, 0) is 9.84 Å². The molecule has 0 saturated carbocycles. The van der Waals surface area contributed by atoms with Gasteiger partial charge in [0.25, 0.3) is 0 Å². The molecule has 0 N–H and O–H groups in total. The second kappa shape index (κ2) is 5.14. The van der Waals surface area contributed by atoms with Crippen molar-refractivity contribution in [3.63, 3.8) is 0 Å². The summed E-state index contributed by atoms with van der Waals surface area (Å²) in [5.74, 6) is 0.209. The van der Waals surface area contributed by atoms with Gasteiger partial charge < -0.3 is 0 Å². The van der Waals surface area contributed by atoms with Crippen LogP contribution in [0, 0.1) is 0 Å². The molecule has 0 aliphatic rings. The van der Waals surface area contributed by atoms with Gasteiger partial charge in [-0.2, -0.15) is 0 Å². The molecule has 0 radical (unpaired) electrons.